The van der Waals surface area contributed by atoms with E-state index in [1.165, 1.54) is 49.4 Å². The molecule has 0 N–H and O–H groups in total. The molecule has 2 heteroatoms. The molecule has 0 spiro atoms. The van der Waals surface area contributed by atoms with Crippen LogP contribution < -0.4 is 4.90 Å². The molecule has 0 atom stereocenters. The quantitative estimate of drug-likeness (QED) is 0.212. The van der Waals surface area contributed by atoms with Crippen molar-refractivity contribution in [3.05, 3.63) is 170 Å². The molecule has 0 fully saturated rings. The number of hydrogen-bond donors (Lipinski definition) is 0. The third kappa shape index (κ3) is 4.13. The van der Waals surface area contributed by atoms with E-state index in [1.54, 1.807) is 0 Å². The zero-order valence-corrected chi connectivity index (χ0v) is 23.1. The summed E-state index contributed by atoms with van der Waals surface area (Å²) in [6.45, 7) is 0. The lowest BCUT2D eigenvalue weighted by molar-refractivity contribution is 1.18. The molecule has 0 saturated heterocycles. The Morgan fingerprint density at radius 1 is 0.357 bits per heavy atom. The van der Waals surface area contributed by atoms with Gasteiger partial charge in [0.05, 0.1) is 11.0 Å². The highest BCUT2D eigenvalue weighted by atomic mass is 15.1. The van der Waals surface area contributed by atoms with Gasteiger partial charge in [-0.3, -0.25) is 0 Å². The van der Waals surface area contributed by atoms with Gasteiger partial charge in [-0.05, 0) is 82.6 Å². The van der Waals surface area contributed by atoms with Crippen LogP contribution in [0.4, 0.5) is 17.1 Å². The Morgan fingerprint density at radius 2 is 0.929 bits per heavy atom. The van der Waals surface area contributed by atoms with E-state index in [0.29, 0.717) is 0 Å². The van der Waals surface area contributed by atoms with Gasteiger partial charge in [0.1, 0.15) is 0 Å². The van der Waals surface area contributed by atoms with Crippen LogP contribution >= 0.6 is 0 Å². The zero-order chi connectivity index (χ0) is 27.9. The molecule has 8 aromatic rings. The average molecular weight is 537 g/mol. The molecule has 0 aliphatic heterocycles. The summed E-state index contributed by atoms with van der Waals surface area (Å²) in [5.74, 6) is 0. The van der Waals surface area contributed by atoms with Crippen molar-refractivity contribution in [1.82, 2.24) is 4.57 Å². The van der Waals surface area contributed by atoms with E-state index in [4.69, 9.17) is 0 Å². The van der Waals surface area contributed by atoms with Gasteiger partial charge in [-0.15, -0.1) is 0 Å². The van der Waals surface area contributed by atoms with Crippen LogP contribution in [0.25, 0.3) is 49.4 Å². The van der Waals surface area contributed by atoms with Crippen molar-refractivity contribution in [3.8, 4) is 16.8 Å². The lowest BCUT2D eigenvalue weighted by Gasteiger charge is -2.26. The lowest BCUT2D eigenvalue weighted by atomic mass is 10.0. The van der Waals surface area contributed by atoms with E-state index in [9.17, 15) is 0 Å². The van der Waals surface area contributed by atoms with Gasteiger partial charge in [0.2, 0.25) is 0 Å². The fraction of sp³-hybridized carbons (Fsp3) is 0. The maximum absolute atomic E-state index is 2.37. The van der Waals surface area contributed by atoms with Crippen LogP contribution in [0.3, 0.4) is 0 Å². The molecule has 0 bridgehead atoms. The first-order valence-electron chi connectivity index (χ1n) is 14.4. The van der Waals surface area contributed by atoms with E-state index in [2.05, 4.69) is 179 Å². The van der Waals surface area contributed by atoms with Gasteiger partial charge in [-0.1, -0.05) is 109 Å². The number of hydrogen-bond acceptors (Lipinski definition) is 1. The summed E-state index contributed by atoms with van der Waals surface area (Å²) in [4.78, 5) is 2.37. The SMILES string of the molecule is c1ccc(-c2ccc(N(c3ccc4ccccc4c3)c3ccc4c(c3)c3ccccc3n4-c3ccccc3)cc2)cc1. The molecular weight excluding hydrogens is 508 g/mol. The largest absolute Gasteiger partial charge is 0.310 e. The minimum atomic E-state index is 1.12. The Kier molecular flexibility index (Phi) is 5.82. The number of para-hydroxylation sites is 2. The number of anilines is 3. The summed E-state index contributed by atoms with van der Waals surface area (Å²) in [6, 6.07) is 60.9. The maximum atomic E-state index is 2.37. The van der Waals surface area contributed by atoms with Crippen molar-refractivity contribution in [3.63, 3.8) is 0 Å². The molecule has 42 heavy (non-hydrogen) atoms. The first-order chi connectivity index (χ1) is 20.8. The second-order valence-corrected chi connectivity index (χ2v) is 10.7. The van der Waals surface area contributed by atoms with Crippen molar-refractivity contribution in [2.75, 3.05) is 4.90 Å². The van der Waals surface area contributed by atoms with E-state index < -0.39 is 0 Å². The van der Waals surface area contributed by atoms with Gasteiger partial charge in [0, 0.05) is 33.5 Å². The summed E-state index contributed by atoms with van der Waals surface area (Å²) in [5.41, 5.74) is 9.38. The molecule has 7 aromatic carbocycles. The number of aromatic nitrogens is 1. The van der Waals surface area contributed by atoms with Crippen molar-refractivity contribution in [2.24, 2.45) is 0 Å². The topological polar surface area (TPSA) is 8.17 Å². The van der Waals surface area contributed by atoms with Crippen LogP contribution in [0, 0.1) is 0 Å². The third-order valence-electron chi connectivity index (χ3n) is 8.15. The second-order valence-electron chi connectivity index (χ2n) is 10.7. The summed E-state index contributed by atoms with van der Waals surface area (Å²) < 4.78 is 2.36. The van der Waals surface area contributed by atoms with Crippen LogP contribution in [-0.4, -0.2) is 4.57 Å². The Hall–Kier alpha value is -5.60. The van der Waals surface area contributed by atoms with E-state index >= 15 is 0 Å². The highest BCUT2D eigenvalue weighted by Gasteiger charge is 2.17. The van der Waals surface area contributed by atoms with Gasteiger partial charge in [-0.2, -0.15) is 0 Å². The Morgan fingerprint density at radius 3 is 1.74 bits per heavy atom. The van der Waals surface area contributed by atoms with Gasteiger partial charge in [0.15, 0.2) is 0 Å². The molecule has 0 amide bonds. The molecular formula is C40H28N2. The molecule has 0 radical (unpaired) electrons. The highest BCUT2D eigenvalue weighted by molar-refractivity contribution is 6.10. The Labute approximate surface area is 245 Å². The van der Waals surface area contributed by atoms with Crippen molar-refractivity contribution < 1.29 is 0 Å². The molecule has 2 nitrogen and oxygen atoms in total. The molecule has 198 valence electrons. The van der Waals surface area contributed by atoms with E-state index in [-0.39, 0.29) is 0 Å². The van der Waals surface area contributed by atoms with Gasteiger partial charge in [0.25, 0.3) is 0 Å². The summed E-state index contributed by atoms with van der Waals surface area (Å²) in [6.07, 6.45) is 0. The standard InChI is InChI=1S/C40H28N2/c1-3-11-29(12-4-1)31-19-22-34(23-20-31)41(35-24-21-30-13-7-8-14-32(30)27-35)36-25-26-40-38(28-36)37-17-9-10-18-39(37)42(40)33-15-5-2-6-16-33/h1-28H. The molecule has 0 aliphatic rings. The molecule has 1 heterocycles. The van der Waals surface area contributed by atoms with Crippen molar-refractivity contribution in [1.29, 1.82) is 0 Å². The smallest absolute Gasteiger partial charge is 0.0542 e. The Bertz CT molecular complexity index is 2180. The maximum Gasteiger partial charge on any atom is 0.0542 e. The second kappa shape index (κ2) is 10.1. The molecule has 1 aromatic heterocycles. The monoisotopic (exact) mass is 536 g/mol. The van der Waals surface area contributed by atoms with Crippen LogP contribution in [0.15, 0.2) is 170 Å². The average Bonchev–Trinajstić information content (AvgIpc) is 3.40. The van der Waals surface area contributed by atoms with Crippen molar-refractivity contribution in [2.45, 2.75) is 0 Å². The molecule has 0 unspecified atom stereocenters. The fourth-order valence-electron chi connectivity index (χ4n) is 6.15. The highest BCUT2D eigenvalue weighted by Crippen LogP contribution is 2.40. The van der Waals surface area contributed by atoms with Crippen LogP contribution in [0.5, 0.6) is 0 Å². The predicted molar refractivity (Wildman–Crippen MR) is 178 cm³/mol. The minimum Gasteiger partial charge on any atom is -0.310 e. The summed E-state index contributed by atoms with van der Waals surface area (Å²) >= 11 is 0. The van der Waals surface area contributed by atoms with Crippen LogP contribution in [0.2, 0.25) is 0 Å². The van der Waals surface area contributed by atoms with E-state index in [0.717, 1.165) is 17.1 Å². The molecule has 0 aliphatic carbocycles. The summed E-state index contributed by atoms with van der Waals surface area (Å²) in [7, 11) is 0. The van der Waals surface area contributed by atoms with Crippen LogP contribution in [0.1, 0.15) is 0 Å². The first kappa shape index (κ1) is 24.2. The number of benzene rings is 7. The predicted octanol–water partition coefficient (Wildman–Crippen LogP) is 11.1. The molecule has 0 saturated carbocycles. The number of rotatable bonds is 5. The zero-order valence-electron chi connectivity index (χ0n) is 23.1. The van der Waals surface area contributed by atoms with E-state index in [1.807, 2.05) is 0 Å². The normalized spacial score (nSPS) is 11.3. The fourth-order valence-corrected chi connectivity index (χ4v) is 6.15. The summed E-state index contributed by atoms with van der Waals surface area (Å²) in [5, 5.41) is 4.94. The molecule has 8 rings (SSSR count). The lowest BCUT2D eigenvalue weighted by Crippen LogP contribution is -2.10. The van der Waals surface area contributed by atoms with Crippen molar-refractivity contribution >= 4 is 49.6 Å². The minimum absolute atomic E-state index is 1.12. The number of nitrogens with zero attached hydrogens (tertiary/aromatic N) is 2. The van der Waals surface area contributed by atoms with Gasteiger partial charge >= 0.3 is 0 Å². The van der Waals surface area contributed by atoms with Gasteiger partial charge < -0.3 is 9.47 Å². The van der Waals surface area contributed by atoms with Gasteiger partial charge in [-0.25, -0.2) is 0 Å². The third-order valence-corrected chi connectivity index (χ3v) is 8.15. The first-order valence-corrected chi connectivity index (χ1v) is 14.4. The van der Waals surface area contributed by atoms with Crippen LogP contribution in [-0.2, 0) is 0 Å². The number of fused-ring (bicyclic) bond motifs is 4. The Balaban J connectivity index is 1.33.